The molecule has 1 saturated heterocycles. The summed E-state index contributed by atoms with van der Waals surface area (Å²) >= 11 is 1.65. The molecule has 0 spiro atoms. The van der Waals surface area contributed by atoms with Crippen molar-refractivity contribution in [2.75, 3.05) is 11.4 Å². The Bertz CT molecular complexity index is 1010. The molecule has 2 atom stereocenters. The number of fused-ring (bicyclic) bond motifs is 1. The van der Waals surface area contributed by atoms with Crippen molar-refractivity contribution in [2.24, 2.45) is 5.92 Å². The molecule has 132 valence electrons. The zero-order valence-electron chi connectivity index (χ0n) is 14.4. The van der Waals surface area contributed by atoms with E-state index < -0.39 is 0 Å². The van der Waals surface area contributed by atoms with Crippen molar-refractivity contribution >= 4 is 22.8 Å². The number of anilines is 1. The largest absolute Gasteiger partial charge is 0.467 e. The quantitative estimate of drug-likeness (QED) is 0.538. The fourth-order valence-electron chi connectivity index (χ4n) is 3.67. The minimum absolute atomic E-state index is 0.208. The first kappa shape index (κ1) is 15.6. The number of hydrogen-bond acceptors (Lipinski definition) is 6. The Kier molecular flexibility index (Phi) is 3.74. The molecular formula is C19H19N5OS. The minimum atomic E-state index is 0.208. The van der Waals surface area contributed by atoms with E-state index in [-0.39, 0.29) is 6.04 Å². The predicted octanol–water partition coefficient (Wildman–Crippen LogP) is 4.42. The maximum absolute atomic E-state index is 5.73. The summed E-state index contributed by atoms with van der Waals surface area (Å²) < 4.78 is 7.57. The van der Waals surface area contributed by atoms with Gasteiger partial charge >= 0.3 is 0 Å². The summed E-state index contributed by atoms with van der Waals surface area (Å²) in [6.07, 6.45) is 3.96. The highest BCUT2D eigenvalue weighted by molar-refractivity contribution is 7.08. The lowest BCUT2D eigenvalue weighted by molar-refractivity contribution is 0.326. The van der Waals surface area contributed by atoms with Crippen molar-refractivity contribution in [1.29, 1.82) is 0 Å². The lowest BCUT2D eigenvalue weighted by atomic mass is 9.91. The molecule has 1 aliphatic heterocycles. The maximum Gasteiger partial charge on any atom is 0.186 e. The van der Waals surface area contributed by atoms with Crippen LogP contribution in [0.5, 0.6) is 0 Å². The molecular weight excluding hydrogens is 346 g/mol. The molecule has 0 N–H and O–H groups in total. The molecule has 0 saturated carbocycles. The van der Waals surface area contributed by atoms with E-state index in [9.17, 15) is 0 Å². The van der Waals surface area contributed by atoms with Gasteiger partial charge in [0.15, 0.2) is 11.5 Å². The van der Waals surface area contributed by atoms with Crippen LogP contribution in [0.2, 0.25) is 0 Å². The van der Waals surface area contributed by atoms with Gasteiger partial charge in [-0.2, -0.15) is 15.9 Å². The third-order valence-corrected chi connectivity index (χ3v) is 5.74. The molecule has 0 aromatic carbocycles. The topological polar surface area (TPSA) is 59.5 Å². The first-order valence-corrected chi connectivity index (χ1v) is 9.79. The highest BCUT2D eigenvalue weighted by Gasteiger charge is 2.31. The average molecular weight is 365 g/mol. The fourth-order valence-corrected chi connectivity index (χ4v) is 4.30. The molecule has 2 unspecified atom stereocenters. The molecule has 4 aromatic rings. The Hall–Kier alpha value is -2.67. The molecule has 0 amide bonds. The Labute approximate surface area is 155 Å². The van der Waals surface area contributed by atoms with Gasteiger partial charge in [-0.1, -0.05) is 6.92 Å². The second-order valence-electron chi connectivity index (χ2n) is 6.85. The fraction of sp³-hybridized carbons (Fsp3) is 0.316. The Morgan fingerprint density at radius 1 is 1.19 bits per heavy atom. The molecule has 6 nitrogen and oxygen atoms in total. The Balaban J connectivity index is 1.58. The SMILES string of the molecule is CC1CCN(c2ccc3nnc(-c4ccsc4)n3n2)C(c2ccco2)C1. The van der Waals surface area contributed by atoms with Crippen molar-refractivity contribution in [2.45, 2.75) is 25.8 Å². The van der Waals surface area contributed by atoms with Crippen LogP contribution in [0.15, 0.2) is 51.8 Å². The van der Waals surface area contributed by atoms with Crippen molar-refractivity contribution in [3.8, 4) is 11.4 Å². The predicted molar refractivity (Wildman–Crippen MR) is 101 cm³/mol. The highest BCUT2D eigenvalue weighted by Crippen LogP contribution is 2.37. The van der Waals surface area contributed by atoms with Crippen molar-refractivity contribution in [1.82, 2.24) is 19.8 Å². The number of piperidine rings is 1. The lowest BCUT2D eigenvalue weighted by Crippen LogP contribution is -2.36. The summed E-state index contributed by atoms with van der Waals surface area (Å²) in [6.45, 7) is 3.26. The summed E-state index contributed by atoms with van der Waals surface area (Å²) in [6, 6.07) is 10.3. The van der Waals surface area contributed by atoms with E-state index in [0.717, 1.165) is 48.0 Å². The molecule has 5 heterocycles. The number of rotatable bonds is 3. The van der Waals surface area contributed by atoms with E-state index in [1.165, 1.54) is 0 Å². The van der Waals surface area contributed by atoms with Crippen LogP contribution in [0.1, 0.15) is 31.6 Å². The summed E-state index contributed by atoms with van der Waals surface area (Å²) in [5.41, 5.74) is 1.80. The van der Waals surface area contributed by atoms with Gasteiger partial charge in [-0.3, -0.25) is 0 Å². The van der Waals surface area contributed by atoms with Gasteiger partial charge in [-0.15, -0.1) is 15.3 Å². The number of aromatic nitrogens is 4. The second-order valence-corrected chi connectivity index (χ2v) is 7.63. The summed E-state index contributed by atoms with van der Waals surface area (Å²) in [7, 11) is 0. The smallest absolute Gasteiger partial charge is 0.186 e. The normalized spacial score (nSPS) is 20.7. The van der Waals surface area contributed by atoms with Gasteiger partial charge in [0.1, 0.15) is 11.6 Å². The summed E-state index contributed by atoms with van der Waals surface area (Å²) in [4.78, 5) is 2.34. The van der Waals surface area contributed by atoms with Crippen molar-refractivity contribution in [3.05, 3.63) is 53.1 Å². The summed E-state index contributed by atoms with van der Waals surface area (Å²) in [5.74, 6) is 3.38. The number of furan rings is 1. The van der Waals surface area contributed by atoms with E-state index in [1.807, 2.05) is 34.2 Å². The van der Waals surface area contributed by atoms with Crippen LogP contribution >= 0.6 is 11.3 Å². The number of nitrogens with zero attached hydrogens (tertiary/aromatic N) is 5. The highest BCUT2D eigenvalue weighted by atomic mass is 32.1. The molecule has 1 aliphatic rings. The molecule has 26 heavy (non-hydrogen) atoms. The zero-order chi connectivity index (χ0) is 17.5. The molecule has 1 fully saturated rings. The zero-order valence-corrected chi connectivity index (χ0v) is 15.3. The maximum atomic E-state index is 5.73. The standard InChI is InChI=1S/C19H19N5OS/c1-13-6-8-23(15(11-13)16-3-2-9-25-16)18-5-4-17-20-21-19(24(17)22-18)14-7-10-26-12-14/h2-5,7,9-10,12-13,15H,6,8,11H2,1H3. The van der Waals surface area contributed by atoms with E-state index in [1.54, 1.807) is 17.6 Å². The van der Waals surface area contributed by atoms with Crippen LogP contribution in [0.4, 0.5) is 5.82 Å². The molecule has 4 aromatic heterocycles. The minimum Gasteiger partial charge on any atom is -0.467 e. The third-order valence-electron chi connectivity index (χ3n) is 5.06. The number of thiophene rings is 1. The first-order valence-electron chi connectivity index (χ1n) is 8.84. The monoisotopic (exact) mass is 365 g/mol. The van der Waals surface area contributed by atoms with Crippen LogP contribution in [0, 0.1) is 5.92 Å². The van der Waals surface area contributed by atoms with E-state index in [0.29, 0.717) is 5.92 Å². The Morgan fingerprint density at radius 3 is 2.96 bits per heavy atom. The molecule has 5 rings (SSSR count). The van der Waals surface area contributed by atoms with Crippen LogP contribution in [0.25, 0.3) is 17.0 Å². The van der Waals surface area contributed by atoms with Gasteiger partial charge in [-0.25, -0.2) is 0 Å². The van der Waals surface area contributed by atoms with Gasteiger partial charge in [0, 0.05) is 17.5 Å². The Morgan fingerprint density at radius 2 is 2.15 bits per heavy atom. The first-order chi connectivity index (χ1) is 12.8. The van der Waals surface area contributed by atoms with Crippen LogP contribution in [-0.4, -0.2) is 26.4 Å². The van der Waals surface area contributed by atoms with Gasteiger partial charge in [0.05, 0.1) is 12.3 Å². The van der Waals surface area contributed by atoms with Crippen LogP contribution in [0.3, 0.4) is 0 Å². The van der Waals surface area contributed by atoms with Crippen LogP contribution in [-0.2, 0) is 0 Å². The average Bonchev–Trinajstić information content (AvgIpc) is 3.41. The third kappa shape index (κ3) is 2.59. The second kappa shape index (κ2) is 6.25. The molecule has 0 aliphatic carbocycles. The van der Waals surface area contributed by atoms with Crippen molar-refractivity contribution < 1.29 is 4.42 Å². The van der Waals surface area contributed by atoms with E-state index >= 15 is 0 Å². The van der Waals surface area contributed by atoms with Gasteiger partial charge < -0.3 is 9.32 Å². The number of hydrogen-bond donors (Lipinski definition) is 0. The lowest BCUT2D eigenvalue weighted by Gasteiger charge is -2.38. The molecule has 0 radical (unpaired) electrons. The van der Waals surface area contributed by atoms with E-state index in [2.05, 4.69) is 33.5 Å². The molecule has 0 bridgehead atoms. The summed E-state index contributed by atoms with van der Waals surface area (Å²) in [5, 5.41) is 17.6. The van der Waals surface area contributed by atoms with Crippen molar-refractivity contribution in [3.63, 3.8) is 0 Å². The van der Waals surface area contributed by atoms with Gasteiger partial charge in [0.2, 0.25) is 0 Å². The molecule has 7 heteroatoms. The van der Waals surface area contributed by atoms with E-state index in [4.69, 9.17) is 9.52 Å². The van der Waals surface area contributed by atoms with Gasteiger partial charge in [-0.05, 0) is 54.5 Å². The van der Waals surface area contributed by atoms with Crippen LogP contribution < -0.4 is 4.90 Å². The van der Waals surface area contributed by atoms with Gasteiger partial charge in [0.25, 0.3) is 0 Å².